The lowest BCUT2D eigenvalue weighted by Gasteiger charge is -1.98. The lowest BCUT2D eigenvalue weighted by molar-refractivity contribution is 0.415. The van der Waals surface area contributed by atoms with Crippen molar-refractivity contribution in [3.05, 3.63) is 36.4 Å². The molecule has 0 fully saturated rings. The summed E-state index contributed by atoms with van der Waals surface area (Å²) in [5.74, 6) is 1.81. The Morgan fingerprint density at radius 2 is 1.22 bits per heavy atom. The molecular formula is C15H15O2S+. The zero-order valence-corrected chi connectivity index (χ0v) is 11.5. The number of thiophene rings is 1. The van der Waals surface area contributed by atoms with Crippen molar-refractivity contribution in [1.82, 2.24) is 0 Å². The first-order valence-corrected chi connectivity index (χ1v) is 7.40. The molecule has 0 spiro atoms. The summed E-state index contributed by atoms with van der Waals surface area (Å²) in [6.07, 6.45) is 2.27. The van der Waals surface area contributed by atoms with Gasteiger partial charge in [0.05, 0.1) is 25.0 Å². The van der Waals surface area contributed by atoms with Crippen LogP contribution in [-0.4, -0.2) is 14.2 Å². The Labute approximate surface area is 109 Å². The number of hydrogen-bond donors (Lipinski definition) is 0. The smallest absolute Gasteiger partial charge is 0.181 e. The molecule has 92 valence electrons. The predicted octanol–water partition coefficient (Wildman–Crippen LogP) is 4.30. The molecule has 0 unspecified atom stereocenters. The van der Waals surface area contributed by atoms with Crippen LogP contribution in [0.5, 0.6) is 11.5 Å². The summed E-state index contributed by atoms with van der Waals surface area (Å²) in [6, 6.07) is 12.6. The molecule has 0 aliphatic rings. The molecule has 0 aliphatic heterocycles. The lowest BCUT2D eigenvalue weighted by atomic mass is 10.1. The molecule has 0 N–H and O–H groups in total. The van der Waals surface area contributed by atoms with E-state index >= 15 is 0 Å². The summed E-state index contributed by atoms with van der Waals surface area (Å²) < 4.78 is 13.4. The van der Waals surface area contributed by atoms with E-state index < -0.39 is 0 Å². The van der Waals surface area contributed by atoms with Gasteiger partial charge in [0.1, 0.15) is 17.8 Å². The van der Waals surface area contributed by atoms with Gasteiger partial charge in [0.25, 0.3) is 0 Å². The first-order chi connectivity index (χ1) is 8.74. The van der Waals surface area contributed by atoms with Crippen LogP contribution in [0.1, 0.15) is 0 Å². The largest absolute Gasteiger partial charge is 0.497 e. The molecule has 0 saturated carbocycles. The zero-order valence-electron chi connectivity index (χ0n) is 10.7. The number of benzene rings is 2. The number of hydrogen-bond acceptors (Lipinski definition) is 2. The molecule has 0 saturated heterocycles. The molecule has 0 bridgehead atoms. The van der Waals surface area contributed by atoms with Crippen molar-refractivity contribution in [2.24, 2.45) is 6.26 Å². The van der Waals surface area contributed by atoms with E-state index in [-0.39, 0.29) is 10.5 Å². The third-order valence-corrected chi connectivity index (χ3v) is 5.35. The van der Waals surface area contributed by atoms with Crippen molar-refractivity contribution in [2.45, 2.75) is 0 Å². The maximum atomic E-state index is 5.32. The molecule has 0 aliphatic carbocycles. The van der Waals surface area contributed by atoms with E-state index in [0.29, 0.717) is 0 Å². The van der Waals surface area contributed by atoms with Crippen LogP contribution in [0.3, 0.4) is 0 Å². The summed E-state index contributed by atoms with van der Waals surface area (Å²) in [4.78, 5) is 0. The van der Waals surface area contributed by atoms with E-state index in [1.54, 1.807) is 14.2 Å². The molecule has 1 heterocycles. The standard InChI is InChI=1S/C15H15O2S/c1-16-10-4-6-14-12(8-10)13-9-11(17-2)5-7-15(13)18(14)3/h4-9H,1-3H3/q+1. The van der Waals surface area contributed by atoms with Crippen LogP contribution in [0.2, 0.25) is 0 Å². The van der Waals surface area contributed by atoms with Crippen LogP contribution < -0.4 is 9.47 Å². The van der Waals surface area contributed by atoms with Gasteiger partial charge >= 0.3 is 0 Å². The van der Waals surface area contributed by atoms with Gasteiger partial charge in [0.15, 0.2) is 9.40 Å². The van der Waals surface area contributed by atoms with Crippen molar-refractivity contribution in [3.63, 3.8) is 0 Å². The topological polar surface area (TPSA) is 18.5 Å². The second-order valence-corrected chi connectivity index (χ2v) is 6.13. The van der Waals surface area contributed by atoms with Crippen molar-refractivity contribution in [3.8, 4) is 11.5 Å². The summed E-state index contributed by atoms with van der Waals surface area (Å²) >= 11 is 0. The van der Waals surface area contributed by atoms with Crippen molar-refractivity contribution in [2.75, 3.05) is 14.2 Å². The van der Waals surface area contributed by atoms with Crippen molar-refractivity contribution < 1.29 is 9.47 Å². The third-order valence-electron chi connectivity index (χ3n) is 3.32. The first-order valence-electron chi connectivity index (χ1n) is 5.77. The number of aryl methyl sites for hydroxylation is 1. The van der Waals surface area contributed by atoms with E-state index in [1.807, 2.05) is 12.1 Å². The monoisotopic (exact) mass is 259 g/mol. The summed E-state index contributed by atoms with van der Waals surface area (Å²) in [7, 11) is 3.55. The van der Waals surface area contributed by atoms with Gasteiger partial charge in [0, 0.05) is 12.1 Å². The molecule has 3 heteroatoms. The van der Waals surface area contributed by atoms with Gasteiger partial charge in [-0.2, -0.15) is 0 Å². The zero-order chi connectivity index (χ0) is 12.7. The Hall–Kier alpha value is -1.74. The summed E-state index contributed by atoms with van der Waals surface area (Å²) in [5.41, 5.74) is 0. The Balaban J connectivity index is 2.44. The minimum atomic E-state index is 0.146. The highest BCUT2D eigenvalue weighted by atomic mass is 32.2. The van der Waals surface area contributed by atoms with Crippen LogP contribution in [0.25, 0.3) is 20.2 Å². The number of ether oxygens (including phenoxy) is 2. The van der Waals surface area contributed by atoms with Crippen LogP contribution in [0.15, 0.2) is 36.4 Å². The third kappa shape index (κ3) is 1.55. The van der Waals surface area contributed by atoms with Gasteiger partial charge < -0.3 is 9.47 Å². The molecule has 1 aromatic heterocycles. The van der Waals surface area contributed by atoms with Crippen molar-refractivity contribution >= 4 is 30.6 Å². The maximum absolute atomic E-state index is 5.32. The van der Waals surface area contributed by atoms with E-state index in [2.05, 4.69) is 30.5 Å². The van der Waals surface area contributed by atoms with Gasteiger partial charge in [-0.25, -0.2) is 0 Å². The fourth-order valence-corrected chi connectivity index (χ4v) is 4.12. The molecular weight excluding hydrogens is 244 g/mol. The Kier molecular flexibility index (Phi) is 2.63. The minimum Gasteiger partial charge on any atom is -0.497 e. The van der Waals surface area contributed by atoms with E-state index in [9.17, 15) is 0 Å². The molecule has 3 rings (SSSR count). The first kappa shape index (κ1) is 11.4. The highest BCUT2D eigenvalue weighted by molar-refractivity contribution is 7.41. The Morgan fingerprint density at radius 1 is 0.778 bits per heavy atom. The van der Waals surface area contributed by atoms with E-state index in [0.717, 1.165) is 11.5 Å². The van der Waals surface area contributed by atoms with Gasteiger partial charge in [0.2, 0.25) is 0 Å². The molecule has 18 heavy (non-hydrogen) atoms. The average molecular weight is 259 g/mol. The summed E-state index contributed by atoms with van der Waals surface area (Å²) in [6.45, 7) is 0. The maximum Gasteiger partial charge on any atom is 0.181 e. The minimum absolute atomic E-state index is 0.146. The molecule has 3 aromatic rings. The lowest BCUT2D eigenvalue weighted by Crippen LogP contribution is -1.81. The SMILES string of the molecule is COc1ccc2c(c1)c1cc(OC)ccc1[s+]2C. The normalized spacial score (nSPS) is 11.1. The Morgan fingerprint density at radius 3 is 1.61 bits per heavy atom. The quantitative estimate of drug-likeness (QED) is 0.639. The van der Waals surface area contributed by atoms with Crippen molar-refractivity contribution in [1.29, 1.82) is 0 Å². The molecule has 0 amide bonds. The molecule has 0 radical (unpaired) electrons. The highest BCUT2D eigenvalue weighted by Gasteiger charge is 2.18. The number of rotatable bonds is 2. The molecule has 0 atom stereocenters. The van der Waals surface area contributed by atoms with Crippen LogP contribution in [-0.2, 0) is 6.26 Å². The van der Waals surface area contributed by atoms with Gasteiger partial charge in [-0.3, -0.25) is 0 Å². The van der Waals surface area contributed by atoms with Gasteiger partial charge in [-0.15, -0.1) is 0 Å². The fourth-order valence-electron chi connectivity index (χ4n) is 2.35. The molecule has 2 nitrogen and oxygen atoms in total. The van der Waals surface area contributed by atoms with Gasteiger partial charge in [-0.05, 0) is 34.7 Å². The predicted molar refractivity (Wildman–Crippen MR) is 78.0 cm³/mol. The van der Waals surface area contributed by atoms with E-state index in [1.165, 1.54) is 20.2 Å². The average Bonchev–Trinajstić information content (AvgIpc) is 2.71. The van der Waals surface area contributed by atoms with E-state index in [4.69, 9.17) is 9.47 Å². The highest BCUT2D eigenvalue weighted by Crippen LogP contribution is 2.43. The van der Waals surface area contributed by atoms with Crippen LogP contribution >= 0.6 is 10.5 Å². The second kappa shape index (κ2) is 4.18. The Bertz CT molecular complexity index is 667. The molecule has 2 aromatic carbocycles. The number of methoxy groups -OCH3 is 2. The summed E-state index contributed by atoms with van der Waals surface area (Å²) in [5, 5.41) is 2.54. The van der Waals surface area contributed by atoms with Gasteiger partial charge in [-0.1, -0.05) is 0 Å². The second-order valence-electron chi connectivity index (χ2n) is 4.23. The van der Waals surface area contributed by atoms with Crippen LogP contribution in [0.4, 0.5) is 0 Å². The fraction of sp³-hybridized carbons (Fsp3) is 0.200. The van der Waals surface area contributed by atoms with Crippen LogP contribution in [0, 0.1) is 0 Å². The number of fused-ring (bicyclic) bond motifs is 3.